The third-order valence-electron chi connectivity index (χ3n) is 3.19. The Hall–Kier alpha value is -0.770. The second-order valence-corrected chi connectivity index (χ2v) is 5.10. The summed E-state index contributed by atoms with van der Waals surface area (Å²) in [6, 6.07) is -0.927. The monoisotopic (exact) mass is 279 g/mol. The molecule has 5 atom stereocenters. The average Bonchev–Trinajstić information content (AvgIpc) is 2.31. The van der Waals surface area contributed by atoms with Crippen molar-refractivity contribution in [3.05, 3.63) is 0 Å². The minimum atomic E-state index is -2.14. The molecule has 1 aliphatic rings. The van der Waals surface area contributed by atoms with Crippen LogP contribution in [0.3, 0.4) is 0 Å². The maximum absolute atomic E-state index is 11.0. The maximum atomic E-state index is 11.0. The van der Waals surface area contributed by atoms with Crippen LogP contribution < -0.4 is 5.32 Å². The molecule has 0 amide bonds. The van der Waals surface area contributed by atoms with Gasteiger partial charge in [0.25, 0.3) is 0 Å². The minimum absolute atomic E-state index is 0.239. The normalized spacial score (nSPS) is 37.3. The molecule has 19 heavy (non-hydrogen) atoms. The Kier molecular flexibility index (Phi) is 5.25. The van der Waals surface area contributed by atoms with Crippen molar-refractivity contribution >= 4 is 5.97 Å². The van der Waals surface area contributed by atoms with E-state index in [0.29, 0.717) is 0 Å². The molecule has 8 heteroatoms. The van der Waals surface area contributed by atoms with Crippen LogP contribution in [0.25, 0.3) is 0 Å². The molecule has 0 aromatic rings. The fraction of sp³-hybridized carbons (Fsp3) is 0.909. The van der Waals surface area contributed by atoms with E-state index in [9.17, 15) is 25.2 Å². The molecule has 8 nitrogen and oxygen atoms in total. The molecule has 1 rings (SSSR count). The van der Waals surface area contributed by atoms with Gasteiger partial charge in [-0.3, -0.25) is 10.1 Å². The van der Waals surface area contributed by atoms with E-state index in [4.69, 9.17) is 9.84 Å². The lowest BCUT2D eigenvalue weighted by Crippen LogP contribution is -2.65. The Balaban J connectivity index is 2.67. The smallest absolute Gasteiger partial charge is 0.320 e. The van der Waals surface area contributed by atoms with E-state index in [1.165, 1.54) is 0 Å². The highest BCUT2D eigenvalue weighted by atomic mass is 16.6. The summed E-state index contributed by atoms with van der Waals surface area (Å²) in [7, 11) is 0. The summed E-state index contributed by atoms with van der Waals surface area (Å²) in [4.78, 5) is 11.0. The predicted octanol–water partition coefficient (Wildman–Crippen LogP) is -2.51. The van der Waals surface area contributed by atoms with Gasteiger partial charge in [0.05, 0.1) is 13.2 Å². The van der Waals surface area contributed by atoms with Crippen molar-refractivity contribution < 1.29 is 35.1 Å². The molecule has 1 heterocycles. The van der Waals surface area contributed by atoms with Gasteiger partial charge in [-0.15, -0.1) is 0 Å². The standard InChI is InChI=1S/C11H21NO7/c1-5(2)7(10(16)17)12-4-11(18)9(15)8(14)6(13)3-19-11/h5-9,12-15,18H,3-4H2,1-2H3,(H,16,17)/t6-,7-,8-,9+,11+/m1/s1. The van der Waals surface area contributed by atoms with Gasteiger partial charge in [-0.25, -0.2) is 0 Å². The quantitative estimate of drug-likeness (QED) is 0.324. The number of aliphatic carboxylic acids is 1. The summed E-state index contributed by atoms with van der Waals surface area (Å²) < 4.78 is 4.91. The summed E-state index contributed by atoms with van der Waals surface area (Å²) in [6.07, 6.45) is -4.58. The summed E-state index contributed by atoms with van der Waals surface area (Å²) in [5.74, 6) is -3.47. The van der Waals surface area contributed by atoms with E-state index in [1.807, 2.05) is 0 Å². The first-order valence-corrected chi connectivity index (χ1v) is 6.05. The molecule has 1 aliphatic heterocycles. The lowest BCUT2D eigenvalue weighted by molar-refractivity contribution is -0.318. The van der Waals surface area contributed by atoms with Crippen LogP contribution in [0, 0.1) is 5.92 Å². The molecule has 0 saturated carbocycles. The molecule has 0 spiro atoms. The third kappa shape index (κ3) is 3.62. The number of carbonyl (C=O) groups is 1. The number of carboxylic acid groups (broad SMARTS) is 1. The van der Waals surface area contributed by atoms with Crippen LogP contribution in [0.4, 0.5) is 0 Å². The zero-order valence-corrected chi connectivity index (χ0v) is 10.9. The number of nitrogens with one attached hydrogen (secondary N) is 1. The van der Waals surface area contributed by atoms with Crippen molar-refractivity contribution in [2.75, 3.05) is 13.2 Å². The van der Waals surface area contributed by atoms with Gasteiger partial charge in [-0.05, 0) is 5.92 Å². The molecule has 1 fully saturated rings. The van der Waals surface area contributed by atoms with Crippen LogP contribution in [-0.2, 0) is 9.53 Å². The number of hydrogen-bond acceptors (Lipinski definition) is 7. The van der Waals surface area contributed by atoms with Gasteiger partial charge >= 0.3 is 5.97 Å². The highest BCUT2D eigenvalue weighted by molar-refractivity contribution is 5.73. The summed E-state index contributed by atoms with van der Waals surface area (Å²) in [5.41, 5.74) is 0. The second kappa shape index (κ2) is 6.12. The van der Waals surface area contributed by atoms with Gasteiger partial charge in [0.1, 0.15) is 24.4 Å². The Morgan fingerprint density at radius 2 is 2.00 bits per heavy atom. The fourth-order valence-corrected chi connectivity index (χ4v) is 1.91. The molecule has 0 radical (unpaired) electrons. The van der Waals surface area contributed by atoms with Crippen molar-refractivity contribution in [1.29, 1.82) is 0 Å². The molecule has 112 valence electrons. The first-order chi connectivity index (χ1) is 8.69. The van der Waals surface area contributed by atoms with Gasteiger partial charge in [-0.1, -0.05) is 13.8 Å². The van der Waals surface area contributed by atoms with Crippen LogP contribution in [0.2, 0.25) is 0 Å². The summed E-state index contributed by atoms with van der Waals surface area (Å²) >= 11 is 0. The number of hydrogen-bond donors (Lipinski definition) is 6. The number of aliphatic hydroxyl groups is 4. The lowest BCUT2D eigenvalue weighted by Gasteiger charge is -2.42. The van der Waals surface area contributed by atoms with E-state index < -0.39 is 36.1 Å². The van der Waals surface area contributed by atoms with E-state index in [1.54, 1.807) is 13.8 Å². The predicted molar refractivity (Wildman–Crippen MR) is 63.2 cm³/mol. The van der Waals surface area contributed by atoms with Gasteiger partial charge in [0, 0.05) is 0 Å². The molecule has 0 aromatic heterocycles. The molecular weight excluding hydrogens is 258 g/mol. The number of aliphatic hydroxyl groups excluding tert-OH is 3. The fourth-order valence-electron chi connectivity index (χ4n) is 1.91. The zero-order chi connectivity index (χ0) is 14.8. The molecule has 0 bridgehead atoms. The van der Waals surface area contributed by atoms with Crippen molar-refractivity contribution in [2.24, 2.45) is 5.92 Å². The molecular formula is C11H21NO7. The van der Waals surface area contributed by atoms with E-state index in [2.05, 4.69) is 5.32 Å². The van der Waals surface area contributed by atoms with Gasteiger partial charge in [0.15, 0.2) is 0 Å². The Bertz CT molecular complexity index is 324. The SMILES string of the molecule is CC(C)[C@@H](NC[C@]1(O)OC[C@@H](O)[C@@H](O)[C@@H]1O)C(=O)O. The number of carboxylic acids is 1. The minimum Gasteiger partial charge on any atom is -0.480 e. The zero-order valence-electron chi connectivity index (χ0n) is 10.9. The first kappa shape index (κ1) is 16.3. The molecule has 6 N–H and O–H groups in total. The van der Waals surface area contributed by atoms with Crippen molar-refractivity contribution in [3.63, 3.8) is 0 Å². The second-order valence-electron chi connectivity index (χ2n) is 5.10. The topological polar surface area (TPSA) is 139 Å². The Labute approximate surface area is 110 Å². The van der Waals surface area contributed by atoms with Crippen LogP contribution in [0.1, 0.15) is 13.8 Å². The molecule has 1 saturated heterocycles. The molecule has 0 aliphatic carbocycles. The summed E-state index contributed by atoms with van der Waals surface area (Å²) in [5, 5.41) is 50.0. The summed E-state index contributed by atoms with van der Waals surface area (Å²) in [6.45, 7) is 2.64. The van der Waals surface area contributed by atoms with E-state index >= 15 is 0 Å². The van der Waals surface area contributed by atoms with Crippen molar-refractivity contribution in [2.45, 2.75) is 44.0 Å². The number of ether oxygens (including phenoxy) is 1. The van der Waals surface area contributed by atoms with E-state index in [0.717, 1.165) is 0 Å². The van der Waals surface area contributed by atoms with Gasteiger partial charge < -0.3 is 30.3 Å². The van der Waals surface area contributed by atoms with Gasteiger partial charge in [-0.2, -0.15) is 0 Å². The highest BCUT2D eigenvalue weighted by Gasteiger charge is 2.48. The molecule has 0 aromatic carbocycles. The first-order valence-electron chi connectivity index (χ1n) is 6.05. The van der Waals surface area contributed by atoms with Crippen LogP contribution >= 0.6 is 0 Å². The van der Waals surface area contributed by atoms with Crippen LogP contribution in [0.5, 0.6) is 0 Å². The lowest BCUT2D eigenvalue weighted by atomic mass is 9.96. The van der Waals surface area contributed by atoms with Crippen LogP contribution in [-0.4, -0.2) is 74.8 Å². The Morgan fingerprint density at radius 1 is 1.42 bits per heavy atom. The Morgan fingerprint density at radius 3 is 2.47 bits per heavy atom. The highest BCUT2D eigenvalue weighted by Crippen LogP contribution is 2.23. The third-order valence-corrected chi connectivity index (χ3v) is 3.19. The van der Waals surface area contributed by atoms with E-state index in [-0.39, 0.29) is 19.1 Å². The van der Waals surface area contributed by atoms with Crippen LogP contribution in [0.15, 0.2) is 0 Å². The van der Waals surface area contributed by atoms with Crippen molar-refractivity contribution in [1.82, 2.24) is 5.32 Å². The largest absolute Gasteiger partial charge is 0.480 e. The average molecular weight is 279 g/mol. The maximum Gasteiger partial charge on any atom is 0.320 e. The van der Waals surface area contributed by atoms with Crippen molar-refractivity contribution in [3.8, 4) is 0 Å². The number of rotatable bonds is 5. The molecule has 0 unspecified atom stereocenters. The van der Waals surface area contributed by atoms with Gasteiger partial charge in [0.2, 0.25) is 5.79 Å².